The molecule has 2 nitrogen and oxygen atoms in total. The first kappa shape index (κ1) is 9.99. The van der Waals surface area contributed by atoms with Crippen molar-refractivity contribution in [3.05, 3.63) is 27.7 Å². The van der Waals surface area contributed by atoms with Crippen molar-refractivity contribution >= 4 is 15.9 Å². The molecule has 0 aliphatic heterocycles. The maximum absolute atomic E-state index is 6.09. The number of hydrogen-bond donors (Lipinski definition) is 1. The molecule has 0 bridgehead atoms. The molecule has 2 N–H and O–H groups in total. The number of nitrogens with two attached hydrogens (primary N) is 1. The predicted molar refractivity (Wildman–Crippen MR) is 60.6 cm³/mol. The highest BCUT2D eigenvalue weighted by Crippen LogP contribution is 2.38. The Labute approximate surface area is 92.6 Å². The Bertz CT molecular complexity index is 351. The van der Waals surface area contributed by atoms with E-state index in [1.54, 1.807) is 7.11 Å². The van der Waals surface area contributed by atoms with Crippen LogP contribution in [-0.2, 0) is 6.42 Å². The lowest BCUT2D eigenvalue weighted by Crippen LogP contribution is -2.18. The summed E-state index contributed by atoms with van der Waals surface area (Å²) in [6.07, 6.45) is 3.32. The molecule has 0 saturated carbocycles. The van der Waals surface area contributed by atoms with Crippen LogP contribution in [0.25, 0.3) is 0 Å². The monoisotopic (exact) mass is 255 g/mol. The summed E-state index contributed by atoms with van der Waals surface area (Å²) in [6.45, 7) is 0. The van der Waals surface area contributed by atoms with Crippen LogP contribution in [-0.4, -0.2) is 7.11 Å². The van der Waals surface area contributed by atoms with E-state index in [2.05, 4.69) is 15.9 Å². The van der Waals surface area contributed by atoms with Crippen molar-refractivity contribution in [1.82, 2.24) is 0 Å². The minimum atomic E-state index is 0.131. The van der Waals surface area contributed by atoms with Crippen LogP contribution in [0.2, 0.25) is 0 Å². The lowest BCUT2D eigenvalue weighted by Gasteiger charge is -2.25. The Balaban J connectivity index is 2.58. The van der Waals surface area contributed by atoms with Crippen molar-refractivity contribution in [2.24, 2.45) is 5.73 Å². The zero-order valence-corrected chi connectivity index (χ0v) is 9.80. The fourth-order valence-electron chi connectivity index (χ4n) is 2.10. The summed E-state index contributed by atoms with van der Waals surface area (Å²) >= 11 is 3.56. The number of benzene rings is 1. The third kappa shape index (κ3) is 1.55. The molecule has 1 aliphatic rings. The van der Waals surface area contributed by atoms with Crippen LogP contribution in [0, 0.1) is 0 Å². The molecule has 0 radical (unpaired) electrons. The molecule has 1 aromatic carbocycles. The van der Waals surface area contributed by atoms with Crippen molar-refractivity contribution in [2.75, 3.05) is 7.11 Å². The Hall–Kier alpha value is -0.540. The summed E-state index contributed by atoms with van der Waals surface area (Å²) in [4.78, 5) is 0. The molecule has 2 rings (SSSR count). The molecule has 0 fully saturated rings. The lowest BCUT2D eigenvalue weighted by molar-refractivity contribution is 0.398. The lowest BCUT2D eigenvalue weighted by atomic mass is 9.87. The summed E-state index contributed by atoms with van der Waals surface area (Å²) < 4.78 is 6.49. The average Bonchev–Trinajstić information content (AvgIpc) is 2.20. The molecular formula is C11H14BrNO. The van der Waals surface area contributed by atoms with Crippen molar-refractivity contribution in [3.63, 3.8) is 0 Å². The first-order chi connectivity index (χ1) is 6.74. The van der Waals surface area contributed by atoms with Gasteiger partial charge in [-0.25, -0.2) is 0 Å². The molecule has 1 aromatic rings. The van der Waals surface area contributed by atoms with Gasteiger partial charge in [-0.3, -0.25) is 0 Å². The van der Waals surface area contributed by atoms with E-state index in [1.165, 1.54) is 17.5 Å². The van der Waals surface area contributed by atoms with E-state index in [-0.39, 0.29) is 6.04 Å². The van der Waals surface area contributed by atoms with E-state index in [1.807, 2.05) is 12.1 Å². The summed E-state index contributed by atoms with van der Waals surface area (Å²) in [6, 6.07) is 4.15. The topological polar surface area (TPSA) is 35.2 Å². The van der Waals surface area contributed by atoms with Crippen molar-refractivity contribution in [1.29, 1.82) is 0 Å². The number of fused-ring (bicyclic) bond motifs is 1. The predicted octanol–water partition coefficient (Wildman–Crippen LogP) is 2.79. The van der Waals surface area contributed by atoms with Crippen LogP contribution < -0.4 is 10.5 Å². The molecule has 0 heterocycles. The van der Waals surface area contributed by atoms with Crippen molar-refractivity contribution in [2.45, 2.75) is 25.3 Å². The van der Waals surface area contributed by atoms with Gasteiger partial charge in [0, 0.05) is 16.1 Å². The highest BCUT2D eigenvalue weighted by Gasteiger charge is 2.22. The normalized spacial score (nSPS) is 20.4. The van der Waals surface area contributed by atoms with Gasteiger partial charge in [0.25, 0.3) is 0 Å². The molecule has 0 unspecified atom stereocenters. The van der Waals surface area contributed by atoms with Gasteiger partial charge in [-0.15, -0.1) is 0 Å². The SMILES string of the molecule is COc1ccc(Br)c2c1[C@H](N)CCC2. The Morgan fingerprint density at radius 1 is 1.50 bits per heavy atom. The molecule has 14 heavy (non-hydrogen) atoms. The Kier molecular flexibility index (Phi) is 2.79. The molecule has 76 valence electrons. The van der Waals surface area contributed by atoms with Gasteiger partial charge < -0.3 is 10.5 Å². The van der Waals surface area contributed by atoms with Gasteiger partial charge in [0.2, 0.25) is 0 Å². The van der Waals surface area contributed by atoms with Gasteiger partial charge in [-0.05, 0) is 37.0 Å². The zero-order valence-electron chi connectivity index (χ0n) is 8.22. The van der Waals surface area contributed by atoms with Gasteiger partial charge in [0.15, 0.2) is 0 Å². The van der Waals surface area contributed by atoms with Gasteiger partial charge in [-0.1, -0.05) is 15.9 Å². The zero-order chi connectivity index (χ0) is 10.1. The number of halogens is 1. The highest BCUT2D eigenvalue weighted by molar-refractivity contribution is 9.10. The highest BCUT2D eigenvalue weighted by atomic mass is 79.9. The Morgan fingerprint density at radius 3 is 3.00 bits per heavy atom. The van der Waals surface area contributed by atoms with Gasteiger partial charge in [0.05, 0.1) is 7.11 Å². The van der Waals surface area contributed by atoms with Crippen LogP contribution in [0.1, 0.15) is 30.0 Å². The smallest absolute Gasteiger partial charge is 0.123 e. The quantitative estimate of drug-likeness (QED) is 0.838. The van der Waals surface area contributed by atoms with Crippen LogP contribution >= 0.6 is 15.9 Å². The minimum absolute atomic E-state index is 0.131. The number of rotatable bonds is 1. The fourth-order valence-corrected chi connectivity index (χ4v) is 2.64. The fraction of sp³-hybridized carbons (Fsp3) is 0.455. The number of hydrogen-bond acceptors (Lipinski definition) is 2. The van der Waals surface area contributed by atoms with Gasteiger partial charge in [0.1, 0.15) is 5.75 Å². The van der Waals surface area contributed by atoms with E-state index in [4.69, 9.17) is 10.5 Å². The first-order valence-corrected chi connectivity index (χ1v) is 5.64. The first-order valence-electron chi connectivity index (χ1n) is 4.85. The summed E-state index contributed by atoms with van der Waals surface area (Å²) in [5.74, 6) is 0.926. The maximum Gasteiger partial charge on any atom is 0.123 e. The van der Waals surface area contributed by atoms with Crippen LogP contribution in [0.3, 0.4) is 0 Å². The summed E-state index contributed by atoms with van der Waals surface area (Å²) in [5.41, 5.74) is 8.60. The molecule has 0 spiro atoms. The molecule has 1 atom stereocenters. The molecular weight excluding hydrogens is 242 g/mol. The average molecular weight is 256 g/mol. The molecule has 1 aliphatic carbocycles. The molecule has 0 aromatic heterocycles. The third-order valence-corrected chi connectivity index (χ3v) is 3.54. The number of ether oxygens (including phenoxy) is 1. The van der Waals surface area contributed by atoms with Crippen molar-refractivity contribution in [3.8, 4) is 5.75 Å². The van der Waals surface area contributed by atoms with E-state index in [0.29, 0.717) is 0 Å². The second-order valence-electron chi connectivity index (χ2n) is 3.64. The molecule has 0 amide bonds. The third-order valence-electron chi connectivity index (χ3n) is 2.79. The summed E-state index contributed by atoms with van der Waals surface area (Å²) in [5, 5.41) is 0. The molecule has 0 saturated heterocycles. The standard InChI is InChI=1S/C11H14BrNO/c1-14-10-6-5-8(12)7-3-2-4-9(13)11(7)10/h5-6,9H,2-4,13H2,1H3/t9-/m1/s1. The summed E-state index contributed by atoms with van der Waals surface area (Å²) in [7, 11) is 1.70. The Morgan fingerprint density at radius 2 is 2.29 bits per heavy atom. The van der Waals surface area contributed by atoms with Gasteiger partial charge >= 0.3 is 0 Å². The number of methoxy groups -OCH3 is 1. The second-order valence-corrected chi connectivity index (χ2v) is 4.49. The van der Waals surface area contributed by atoms with E-state index >= 15 is 0 Å². The minimum Gasteiger partial charge on any atom is -0.496 e. The van der Waals surface area contributed by atoms with E-state index < -0.39 is 0 Å². The van der Waals surface area contributed by atoms with E-state index in [0.717, 1.165) is 23.1 Å². The second kappa shape index (κ2) is 3.91. The van der Waals surface area contributed by atoms with Crippen LogP contribution in [0.5, 0.6) is 5.75 Å². The largest absolute Gasteiger partial charge is 0.496 e. The maximum atomic E-state index is 6.09. The van der Waals surface area contributed by atoms with Crippen LogP contribution in [0.15, 0.2) is 16.6 Å². The van der Waals surface area contributed by atoms with Crippen molar-refractivity contribution < 1.29 is 4.74 Å². The van der Waals surface area contributed by atoms with E-state index in [9.17, 15) is 0 Å². The van der Waals surface area contributed by atoms with Crippen LogP contribution in [0.4, 0.5) is 0 Å². The molecule has 3 heteroatoms. The van der Waals surface area contributed by atoms with Gasteiger partial charge in [-0.2, -0.15) is 0 Å².